The second-order valence-electron chi connectivity index (χ2n) is 5.33. The van der Waals surface area contributed by atoms with Gasteiger partial charge in [0.1, 0.15) is 11.6 Å². The summed E-state index contributed by atoms with van der Waals surface area (Å²) in [5.41, 5.74) is 2.82. The molecule has 0 atom stereocenters. The highest BCUT2D eigenvalue weighted by atomic mass is 35.5. The van der Waals surface area contributed by atoms with E-state index < -0.39 is 0 Å². The van der Waals surface area contributed by atoms with Crippen molar-refractivity contribution in [1.29, 1.82) is 0 Å². The molecule has 0 amide bonds. The fourth-order valence-electron chi connectivity index (χ4n) is 2.34. The van der Waals surface area contributed by atoms with E-state index >= 15 is 0 Å². The van der Waals surface area contributed by atoms with Gasteiger partial charge in [0.25, 0.3) is 0 Å². The van der Waals surface area contributed by atoms with Gasteiger partial charge in [-0.3, -0.25) is 0 Å². The first-order valence-corrected chi connectivity index (χ1v) is 7.93. The number of hydrogen-bond donors (Lipinski definition) is 1. The molecule has 3 rings (SSSR count). The highest BCUT2D eigenvalue weighted by molar-refractivity contribution is 6.36. The van der Waals surface area contributed by atoms with E-state index in [0.29, 0.717) is 16.0 Å². The van der Waals surface area contributed by atoms with Crippen LogP contribution in [-0.2, 0) is 0 Å². The summed E-state index contributed by atoms with van der Waals surface area (Å²) in [6.07, 6.45) is 2.34. The molecule has 0 bridgehead atoms. The summed E-state index contributed by atoms with van der Waals surface area (Å²) in [7, 11) is 0. The number of hydrogen-bond acceptors (Lipinski definition) is 3. The number of anilines is 1. The molecule has 0 spiro atoms. The van der Waals surface area contributed by atoms with E-state index in [9.17, 15) is 0 Å². The van der Waals surface area contributed by atoms with Gasteiger partial charge in [0.05, 0.1) is 10.7 Å². The summed E-state index contributed by atoms with van der Waals surface area (Å²) < 4.78 is 0. The van der Waals surface area contributed by atoms with E-state index in [4.69, 9.17) is 28.2 Å². The molecule has 1 aromatic heterocycles. The highest BCUT2D eigenvalue weighted by Crippen LogP contribution is 2.41. The Bertz CT molecular complexity index is 681. The molecule has 21 heavy (non-hydrogen) atoms. The molecule has 0 unspecified atom stereocenters. The van der Waals surface area contributed by atoms with Crippen molar-refractivity contribution in [2.45, 2.75) is 32.6 Å². The van der Waals surface area contributed by atoms with Crippen LogP contribution in [0.1, 0.15) is 37.1 Å². The lowest BCUT2D eigenvalue weighted by Crippen LogP contribution is -2.07. The summed E-state index contributed by atoms with van der Waals surface area (Å²) in [6, 6.07) is 5.52. The molecule has 1 fully saturated rings. The predicted octanol–water partition coefficient (Wildman–Crippen LogP) is 5.07. The Kier molecular flexibility index (Phi) is 4.05. The number of rotatable bonds is 4. The van der Waals surface area contributed by atoms with E-state index in [2.05, 4.69) is 17.2 Å². The van der Waals surface area contributed by atoms with Crippen molar-refractivity contribution in [2.75, 3.05) is 11.9 Å². The molecule has 110 valence electrons. The Morgan fingerprint density at radius 2 is 2.00 bits per heavy atom. The van der Waals surface area contributed by atoms with E-state index in [-0.39, 0.29) is 0 Å². The maximum absolute atomic E-state index is 6.35. The van der Waals surface area contributed by atoms with E-state index in [1.165, 1.54) is 12.8 Å². The summed E-state index contributed by atoms with van der Waals surface area (Å²) >= 11 is 12.3. The van der Waals surface area contributed by atoms with Gasteiger partial charge in [0.2, 0.25) is 0 Å². The van der Waals surface area contributed by atoms with Crippen LogP contribution in [0.5, 0.6) is 0 Å². The maximum atomic E-state index is 6.35. The zero-order valence-corrected chi connectivity index (χ0v) is 13.6. The van der Waals surface area contributed by atoms with Gasteiger partial charge in [-0.15, -0.1) is 0 Å². The Labute approximate surface area is 134 Å². The molecule has 1 N–H and O–H groups in total. The van der Waals surface area contributed by atoms with Crippen LogP contribution in [0, 0.1) is 6.92 Å². The molecule has 1 heterocycles. The zero-order valence-electron chi connectivity index (χ0n) is 12.1. The standard InChI is InChI=1S/C16H17Cl2N3/c1-3-19-15-9(2)14(20-16(21-15)10-4-5-10)12-7-6-11(17)8-13(12)18/h6-8,10H,3-5H2,1-2H3,(H,19,20,21). The first-order chi connectivity index (χ1) is 10.1. The average Bonchev–Trinajstić information content (AvgIpc) is 3.26. The highest BCUT2D eigenvalue weighted by Gasteiger charge is 2.28. The monoisotopic (exact) mass is 321 g/mol. The molecule has 2 aromatic rings. The molecular formula is C16H17Cl2N3. The smallest absolute Gasteiger partial charge is 0.134 e. The third-order valence-electron chi connectivity index (χ3n) is 3.64. The minimum Gasteiger partial charge on any atom is -0.370 e. The van der Waals surface area contributed by atoms with Gasteiger partial charge < -0.3 is 5.32 Å². The number of halogens is 2. The second-order valence-corrected chi connectivity index (χ2v) is 6.18. The van der Waals surface area contributed by atoms with Gasteiger partial charge in [-0.2, -0.15) is 0 Å². The van der Waals surface area contributed by atoms with Crippen LogP contribution in [0.3, 0.4) is 0 Å². The minimum absolute atomic E-state index is 0.493. The van der Waals surface area contributed by atoms with Gasteiger partial charge in [-0.05, 0) is 44.9 Å². The van der Waals surface area contributed by atoms with Crippen molar-refractivity contribution in [3.05, 3.63) is 39.6 Å². The molecular weight excluding hydrogens is 305 g/mol. The lowest BCUT2D eigenvalue weighted by molar-refractivity contribution is 0.918. The molecule has 5 heteroatoms. The number of nitrogens with one attached hydrogen (secondary N) is 1. The molecule has 0 radical (unpaired) electrons. The van der Waals surface area contributed by atoms with Crippen LogP contribution >= 0.6 is 23.2 Å². The van der Waals surface area contributed by atoms with Crippen molar-refractivity contribution in [2.24, 2.45) is 0 Å². The minimum atomic E-state index is 0.493. The van der Waals surface area contributed by atoms with Crippen LogP contribution in [0.2, 0.25) is 10.0 Å². The predicted molar refractivity (Wildman–Crippen MR) is 88.4 cm³/mol. The summed E-state index contributed by atoms with van der Waals surface area (Å²) in [6.45, 7) is 4.91. The van der Waals surface area contributed by atoms with Crippen LogP contribution in [0.25, 0.3) is 11.3 Å². The Hall–Kier alpha value is -1.32. The van der Waals surface area contributed by atoms with Crippen molar-refractivity contribution < 1.29 is 0 Å². The van der Waals surface area contributed by atoms with E-state index in [1.54, 1.807) is 6.07 Å². The zero-order chi connectivity index (χ0) is 15.0. The Balaban J connectivity index is 2.15. The second kappa shape index (κ2) is 5.82. The van der Waals surface area contributed by atoms with Gasteiger partial charge in [0, 0.05) is 28.6 Å². The fourth-order valence-corrected chi connectivity index (χ4v) is 2.84. The molecule has 0 saturated heterocycles. The first-order valence-electron chi connectivity index (χ1n) is 7.18. The van der Waals surface area contributed by atoms with Gasteiger partial charge in [0.15, 0.2) is 0 Å². The third-order valence-corrected chi connectivity index (χ3v) is 4.18. The number of benzene rings is 1. The van der Waals surface area contributed by atoms with Crippen molar-refractivity contribution in [3.63, 3.8) is 0 Å². The Morgan fingerprint density at radius 3 is 2.62 bits per heavy atom. The van der Waals surface area contributed by atoms with Crippen LogP contribution in [0.4, 0.5) is 5.82 Å². The van der Waals surface area contributed by atoms with Crippen molar-refractivity contribution in [1.82, 2.24) is 9.97 Å². The van der Waals surface area contributed by atoms with Crippen LogP contribution in [-0.4, -0.2) is 16.5 Å². The molecule has 0 aliphatic heterocycles. The fraction of sp³-hybridized carbons (Fsp3) is 0.375. The largest absolute Gasteiger partial charge is 0.370 e. The van der Waals surface area contributed by atoms with E-state index in [1.807, 2.05) is 19.1 Å². The summed E-state index contributed by atoms with van der Waals surface area (Å²) in [5, 5.41) is 4.57. The normalized spacial score (nSPS) is 14.3. The molecule has 1 aliphatic carbocycles. The number of aromatic nitrogens is 2. The van der Waals surface area contributed by atoms with Gasteiger partial charge >= 0.3 is 0 Å². The molecule has 1 aliphatic rings. The molecule has 1 aromatic carbocycles. The summed E-state index contributed by atoms with van der Waals surface area (Å²) in [5.74, 6) is 2.31. The summed E-state index contributed by atoms with van der Waals surface area (Å²) in [4.78, 5) is 9.43. The maximum Gasteiger partial charge on any atom is 0.134 e. The lowest BCUT2D eigenvalue weighted by atomic mass is 10.1. The average molecular weight is 322 g/mol. The van der Waals surface area contributed by atoms with Crippen LogP contribution in [0.15, 0.2) is 18.2 Å². The first kappa shape index (κ1) is 14.6. The lowest BCUT2D eigenvalue weighted by Gasteiger charge is -2.14. The quantitative estimate of drug-likeness (QED) is 0.854. The van der Waals surface area contributed by atoms with Crippen molar-refractivity contribution >= 4 is 29.0 Å². The van der Waals surface area contributed by atoms with Gasteiger partial charge in [-0.1, -0.05) is 23.2 Å². The SMILES string of the molecule is CCNc1nc(C2CC2)nc(-c2ccc(Cl)cc2Cl)c1C. The molecule has 1 saturated carbocycles. The van der Waals surface area contributed by atoms with Crippen molar-refractivity contribution in [3.8, 4) is 11.3 Å². The van der Waals surface area contributed by atoms with E-state index in [0.717, 1.165) is 35.0 Å². The third kappa shape index (κ3) is 2.99. The number of nitrogens with zero attached hydrogens (tertiary/aromatic N) is 2. The topological polar surface area (TPSA) is 37.8 Å². The molecule has 3 nitrogen and oxygen atoms in total. The van der Waals surface area contributed by atoms with Gasteiger partial charge in [-0.25, -0.2) is 9.97 Å². The Morgan fingerprint density at radius 1 is 1.24 bits per heavy atom. The van der Waals surface area contributed by atoms with Crippen LogP contribution < -0.4 is 5.32 Å².